The van der Waals surface area contributed by atoms with Crippen molar-refractivity contribution in [1.82, 2.24) is 4.72 Å². The fourth-order valence-electron chi connectivity index (χ4n) is 2.53. The number of carboxylic acid groups (broad SMARTS) is 1. The number of hydrogen-bond donors (Lipinski definition) is 2. The van der Waals surface area contributed by atoms with Gasteiger partial charge in [0.1, 0.15) is 0 Å². The number of carboxylic acids is 1. The zero-order valence-electron chi connectivity index (χ0n) is 14.2. The van der Waals surface area contributed by atoms with Crippen molar-refractivity contribution in [1.29, 1.82) is 0 Å². The fourth-order valence-corrected chi connectivity index (χ4v) is 3.72. The Morgan fingerprint density at radius 3 is 2.00 bits per heavy atom. The second-order valence-corrected chi connectivity index (χ2v) is 7.92. The molecule has 0 bridgehead atoms. The molecule has 1 aromatic rings. The van der Waals surface area contributed by atoms with Gasteiger partial charge < -0.3 is 5.11 Å². The Hall–Kier alpha value is -1.40. The van der Waals surface area contributed by atoms with Crippen LogP contribution in [0, 0.1) is 0 Å². The molecule has 1 aromatic carbocycles. The number of hydrogen-bond acceptors (Lipinski definition) is 3. The van der Waals surface area contributed by atoms with Gasteiger partial charge in [0, 0.05) is 13.0 Å². The summed E-state index contributed by atoms with van der Waals surface area (Å²) in [6.07, 6.45) is 8.31. The van der Waals surface area contributed by atoms with Crippen LogP contribution in [-0.2, 0) is 20.6 Å². The molecule has 0 amide bonds. The molecule has 0 aliphatic heterocycles. The zero-order chi connectivity index (χ0) is 17.7. The summed E-state index contributed by atoms with van der Waals surface area (Å²) in [4.78, 5) is 10.4. The summed E-state index contributed by atoms with van der Waals surface area (Å²) in [6, 6.07) is 9.18. The van der Waals surface area contributed by atoms with Crippen molar-refractivity contribution in [3.05, 3.63) is 35.9 Å². The van der Waals surface area contributed by atoms with E-state index in [1.54, 1.807) is 0 Å². The molecule has 0 heterocycles. The third-order valence-corrected chi connectivity index (χ3v) is 5.20. The van der Waals surface area contributed by atoms with Crippen LogP contribution in [0.2, 0.25) is 0 Å². The highest BCUT2D eigenvalue weighted by Crippen LogP contribution is 2.10. The average Bonchev–Trinajstić information content (AvgIpc) is 2.52. The summed E-state index contributed by atoms with van der Waals surface area (Å²) in [5.41, 5.74) is 0.799. The molecule has 0 atom stereocenters. The van der Waals surface area contributed by atoms with E-state index in [0.29, 0.717) is 6.54 Å². The Morgan fingerprint density at radius 1 is 0.875 bits per heavy atom. The third-order valence-electron chi connectivity index (χ3n) is 3.84. The van der Waals surface area contributed by atoms with Crippen molar-refractivity contribution in [2.45, 2.75) is 63.5 Å². The van der Waals surface area contributed by atoms with Crippen LogP contribution in [0.5, 0.6) is 0 Å². The van der Waals surface area contributed by atoms with Crippen LogP contribution in [-0.4, -0.2) is 26.0 Å². The average molecular weight is 356 g/mol. The van der Waals surface area contributed by atoms with Gasteiger partial charge in [0.25, 0.3) is 0 Å². The number of rotatable bonds is 14. The SMILES string of the molecule is O=C(O)CCCCCCCCCCNS(=O)(=O)Cc1ccccc1. The predicted molar refractivity (Wildman–Crippen MR) is 96.3 cm³/mol. The molecular weight excluding hydrogens is 326 g/mol. The standard InChI is InChI=1S/C18H29NO4S/c20-18(21)14-10-5-3-1-2-4-6-11-15-19-24(22,23)16-17-12-8-7-9-13-17/h7-9,12-13,19H,1-6,10-11,14-16H2,(H,20,21). The Balaban J connectivity index is 1.97. The van der Waals surface area contributed by atoms with E-state index >= 15 is 0 Å². The maximum Gasteiger partial charge on any atom is 0.303 e. The molecule has 0 aliphatic rings. The van der Waals surface area contributed by atoms with Crippen molar-refractivity contribution in [2.24, 2.45) is 0 Å². The molecule has 0 fully saturated rings. The molecular formula is C18H29NO4S. The van der Waals surface area contributed by atoms with Crippen molar-refractivity contribution in [3.8, 4) is 0 Å². The summed E-state index contributed by atoms with van der Waals surface area (Å²) < 4.78 is 26.5. The first-order chi connectivity index (χ1) is 11.5. The Bertz CT molecular complexity index is 558. The van der Waals surface area contributed by atoms with Gasteiger partial charge in [-0.1, -0.05) is 68.9 Å². The summed E-state index contributed by atoms with van der Waals surface area (Å²) in [5, 5.41) is 8.53. The van der Waals surface area contributed by atoms with Gasteiger partial charge >= 0.3 is 5.97 Å². The van der Waals surface area contributed by atoms with Crippen LogP contribution in [0.4, 0.5) is 0 Å². The van der Waals surface area contributed by atoms with E-state index in [1.807, 2.05) is 30.3 Å². The molecule has 2 N–H and O–H groups in total. The van der Waals surface area contributed by atoms with E-state index in [2.05, 4.69) is 4.72 Å². The monoisotopic (exact) mass is 355 g/mol. The van der Waals surface area contributed by atoms with E-state index in [1.165, 1.54) is 0 Å². The highest BCUT2D eigenvalue weighted by molar-refractivity contribution is 7.88. The van der Waals surface area contributed by atoms with Gasteiger partial charge in [-0.3, -0.25) is 4.79 Å². The van der Waals surface area contributed by atoms with Gasteiger partial charge in [-0.05, 0) is 18.4 Å². The van der Waals surface area contributed by atoms with Crippen molar-refractivity contribution in [2.75, 3.05) is 6.54 Å². The highest BCUT2D eigenvalue weighted by atomic mass is 32.2. The molecule has 0 spiro atoms. The van der Waals surface area contributed by atoms with Crippen LogP contribution in [0.3, 0.4) is 0 Å². The lowest BCUT2D eigenvalue weighted by Gasteiger charge is -2.07. The van der Waals surface area contributed by atoms with Crippen LogP contribution >= 0.6 is 0 Å². The molecule has 5 nitrogen and oxygen atoms in total. The van der Waals surface area contributed by atoms with E-state index in [-0.39, 0.29) is 12.2 Å². The van der Waals surface area contributed by atoms with Gasteiger partial charge in [0.15, 0.2) is 0 Å². The fraction of sp³-hybridized carbons (Fsp3) is 0.611. The second kappa shape index (κ2) is 12.0. The quantitative estimate of drug-likeness (QED) is 0.498. The Morgan fingerprint density at radius 2 is 1.42 bits per heavy atom. The number of unbranched alkanes of at least 4 members (excludes halogenated alkanes) is 7. The maximum absolute atomic E-state index is 11.9. The molecule has 0 aliphatic carbocycles. The van der Waals surface area contributed by atoms with Crippen LogP contribution < -0.4 is 4.72 Å². The first-order valence-corrected chi connectivity index (χ1v) is 10.4. The molecule has 6 heteroatoms. The van der Waals surface area contributed by atoms with Crippen LogP contribution in [0.25, 0.3) is 0 Å². The molecule has 0 radical (unpaired) electrons. The molecule has 0 saturated heterocycles. The molecule has 0 saturated carbocycles. The lowest BCUT2D eigenvalue weighted by Crippen LogP contribution is -2.26. The lowest BCUT2D eigenvalue weighted by molar-refractivity contribution is -0.137. The number of benzene rings is 1. The highest BCUT2D eigenvalue weighted by Gasteiger charge is 2.10. The third kappa shape index (κ3) is 11.2. The lowest BCUT2D eigenvalue weighted by atomic mass is 10.1. The molecule has 0 aromatic heterocycles. The molecule has 24 heavy (non-hydrogen) atoms. The second-order valence-electron chi connectivity index (χ2n) is 6.11. The zero-order valence-corrected chi connectivity index (χ0v) is 15.1. The summed E-state index contributed by atoms with van der Waals surface area (Å²) in [6.45, 7) is 0.494. The Kier molecular flexibility index (Phi) is 10.4. The number of sulfonamides is 1. The topological polar surface area (TPSA) is 83.5 Å². The minimum atomic E-state index is -3.25. The van der Waals surface area contributed by atoms with Crippen molar-refractivity contribution in [3.63, 3.8) is 0 Å². The molecule has 0 unspecified atom stereocenters. The minimum Gasteiger partial charge on any atom is -0.481 e. The van der Waals surface area contributed by atoms with E-state index in [4.69, 9.17) is 5.11 Å². The van der Waals surface area contributed by atoms with Gasteiger partial charge in [-0.2, -0.15) is 0 Å². The van der Waals surface area contributed by atoms with Crippen molar-refractivity contribution >= 4 is 16.0 Å². The van der Waals surface area contributed by atoms with Gasteiger partial charge in [0.05, 0.1) is 5.75 Å². The van der Waals surface area contributed by atoms with Crippen LogP contribution in [0.15, 0.2) is 30.3 Å². The maximum atomic E-state index is 11.9. The summed E-state index contributed by atoms with van der Waals surface area (Å²) in [5.74, 6) is -0.686. The number of nitrogens with one attached hydrogen (secondary N) is 1. The number of aliphatic carboxylic acids is 1. The first-order valence-electron chi connectivity index (χ1n) is 8.73. The van der Waals surface area contributed by atoms with Crippen LogP contribution in [0.1, 0.15) is 63.4 Å². The van der Waals surface area contributed by atoms with Crippen molar-refractivity contribution < 1.29 is 18.3 Å². The summed E-state index contributed by atoms with van der Waals surface area (Å²) >= 11 is 0. The Labute approximate surface area is 145 Å². The summed E-state index contributed by atoms with van der Waals surface area (Å²) in [7, 11) is -3.25. The van der Waals surface area contributed by atoms with E-state index in [0.717, 1.165) is 56.9 Å². The minimum absolute atomic E-state index is 0.0319. The van der Waals surface area contributed by atoms with E-state index in [9.17, 15) is 13.2 Å². The van der Waals surface area contributed by atoms with Gasteiger partial charge in [-0.15, -0.1) is 0 Å². The number of carbonyl (C=O) groups is 1. The predicted octanol–water partition coefficient (Wildman–Crippen LogP) is 3.70. The van der Waals surface area contributed by atoms with E-state index < -0.39 is 16.0 Å². The first kappa shape index (κ1) is 20.6. The smallest absolute Gasteiger partial charge is 0.303 e. The molecule has 136 valence electrons. The van der Waals surface area contributed by atoms with Gasteiger partial charge in [-0.25, -0.2) is 13.1 Å². The largest absolute Gasteiger partial charge is 0.481 e. The van der Waals surface area contributed by atoms with Gasteiger partial charge in [0.2, 0.25) is 10.0 Å². The molecule has 1 rings (SSSR count). The normalized spacial score (nSPS) is 11.5.